The standard InChI is InChI=1S/C29H26F3N3O6S/c1-17-23(30)13-22(28(32)27(17)31)29-33-24(18(2)41-29)16-40-21-8-5-6-19(12-21)14-34(15-26(36)37)42(38,39)35-11-10-20-7-3-4-9-25(20)35/h3-9,12-13H,10-11,14-16H2,1-2H3,(H,36,37). The van der Waals surface area contributed by atoms with Crippen molar-refractivity contribution in [2.24, 2.45) is 0 Å². The zero-order valence-corrected chi connectivity index (χ0v) is 23.4. The molecule has 0 unspecified atom stereocenters. The molecule has 0 fully saturated rings. The van der Waals surface area contributed by atoms with Crippen molar-refractivity contribution in [3.8, 4) is 17.2 Å². The number of carbonyl (C=O) groups is 1. The number of aliphatic carboxylic acids is 1. The Labute approximate surface area is 240 Å². The fraction of sp³-hybridized carbons (Fsp3) is 0.241. The molecule has 1 N–H and O–H groups in total. The summed E-state index contributed by atoms with van der Waals surface area (Å²) in [5.74, 6) is -4.62. The van der Waals surface area contributed by atoms with Crippen LogP contribution in [0.3, 0.4) is 0 Å². The van der Waals surface area contributed by atoms with Gasteiger partial charge in [0.05, 0.1) is 11.3 Å². The molecule has 42 heavy (non-hydrogen) atoms. The zero-order chi connectivity index (χ0) is 30.2. The second kappa shape index (κ2) is 11.5. The van der Waals surface area contributed by atoms with Crippen molar-refractivity contribution < 1.29 is 40.6 Å². The van der Waals surface area contributed by atoms with Crippen molar-refractivity contribution >= 4 is 21.9 Å². The van der Waals surface area contributed by atoms with E-state index in [4.69, 9.17) is 9.15 Å². The largest absolute Gasteiger partial charge is 0.487 e. The number of carboxylic acids is 1. The average Bonchev–Trinajstić information content (AvgIpc) is 3.56. The van der Waals surface area contributed by atoms with Crippen molar-refractivity contribution in [3.63, 3.8) is 0 Å². The van der Waals surface area contributed by atoms with Gasteiger partial charge in [-0.1, -0.05) is 30.3 Å². The van der Waals surface area contributed by atoms with E-state index in [0.29, 0.717) is 23.4 Å². The number of ether oxygens (including phenoxy) is 1. The highest BCUT2D eigenvalue weighted by atomic mass is 32.2. The van der Waals surface area contributed by atoms with Crippen LogP contribution in [-0.2, 0) is 34.6 Å². The molecule has 5 rings (SSSR count). The summed E-state index contributed by atoms with van der Waals surface area (Å²) in [7, 11) is -4.18. The lowest BCUT2D eigenvalue weighted by molar-refractivity contribution is -0.137. The third kappa shape index (κ3) is 5.70. The Bertz CT molecular complexity index is 1780. The molecule has 0 radical (unpaired) electrons. The summed E-state index contributed by atoms with van der Waals surface area (Å²) in [5.41, 5.74) is 1.17. The van der Waals surface area contributed by atoms with E-state index in [1.54, 1.807) is 36.4 Å². The quantitative estimate of drug-likeness (QED) is 0.250. The summed E-state index contributed by atoms with van der Waals surface area (Å²) in [4.78, 5) is 15.8. The number of rotatable bonds is 10. The molecule has 2 heterocycles. The molecule has 0 aliphatic carbocycles. The SMILES string of the molecule is Cc1oc(-c2cc(F)c(C)c(F)c2F)nc1COc1cccc(CN(CC(=O)O)S(=O)(=O)N2CCc3ccccc32)c1. The van der Waals surface area contributed by atoms with Crippen LogP contribution in [-0.4, -0.2) is 41.9 Å². The summed E-state index contributed by atoms with van der Waals surface area (Å²) in [6, 6.07) is 14.3. The minimum Gasteiger partial charge on any atom is -0.487 e. The number of hydrogen-bond donors (Lipinski definition) is 1. The average molecular weight is 602 g/mol. The molecule has 1 aromatic heterocycles. The van der Waals surface area contributed by atoms with E-state index in [9.17, 15) is 31.5 Å². The Morgan fingerprint density at radius 2 is 1.86 bits per heavy atom. The van der Waals surface area contributed by atoms with Crippen LogP contribution in [0.2, 0.25) is 0 Å². The highest BCUT2D eigenvalue weighted by molar-refractivity contribution is 7.90. The Hall–Kier alpha value is -4.36. The lowest BCUT2D eigenvalue weighted by Crippen LogP contribution is -2.45. The summed E-state index contributed by atoms with van der Waals surface area (Å²) in [5, 5.41) is 9.47. The van der Waals surface area contributed by atoms with Crippen molar-refractivity contribution in [2.45, 2.75) is 33.4 Å². The first-order valence-electron chi connectivity index (χ1n) is 12.9. The maximum atomic E-state index is 14.4. The smallest absolute Gasteiger partial charge is 0.318 e. The van der Waals surface area contributed by atoms with Gasteiger partial charge in [0.1, 0.15) is 36.2 Å². The number of aromatic nitrogens is 1. The summed E-state index contributed by atoms with van der Waals surface area (Å²) in [6.45, 7) is 1.72. The summed E-state index contributed by atoms with van der Waals surface area (Å²) < 4.78 is 82.9. The van der Waals surface area contributed by atoms with Gasteiger partial charge in [-0.2, -0.15) is 12.7 Å². The van der Waals surface area contributed by atoms with E-state index in [1.165, 1.54) is 11.2 Å². The Morgan fingerprint density at radius 3 is 2.62 bits per heavy atom. The van der Waals surface area contributed by atoms with E-state index in [2.05, 4.69) is 4.98 Å². The van der Waals surface area contributed by atoms with Crippen LogP contribution in [0.1, 0.15) is 28.1 Å². The second-order valence-corrected chi connectivity index (χ2v) is 11.6. The van der Waals surface area contributed by atoms with Crippen LogP contribution in [0.4, 0.5) is 18.9 Å². The first-order valence-corrected chi connectivity index (χ1v) is 14.3. The van der Waals surface area contributed by atoms with Gasteiger partial charge in [-0.15, -0.1) is 0 Å². The van der Waals surface area contributed by atoms with E-state index in [-0.39, 0.29) is 37.0 Å². The van der Waals surface area contributed by atoms with Gasteiger partial charge >= 0.3 is 16.2 Å². The monoisotopic (exact) mass is 601 g/mol. The molecular weight excluding hydrogens is 575 g/mol. The van der Waals surface area contributed by atoms with E-state index < -0.39 is 51.3 Å². The van der Waals surface area contributed by atoms with Gasteiger partial charge in [0.25, 0.3) is 0 Å². The minimum absolute atomic E-state index is 0.154. The Balaban J connectivity index is 1.33. The molecule has 4 aromatic rings. The van der Waals surface area contributed by atoms with Gasteiger partial charge in [-0.3, -0.25) is 9.10 Å². The number of anilines is 1. The number of aryl methyl sites for hydroxylation is 1. The van der Waals surface area contributed by atoms with E-state index >= 15 is 0 Å². The number of carboxylic acid groups (broad SMARTS) is 1. The first-order chi connectivity index (χ1) is 20.0. The molecule has 0 spiro atoms. The van der Waals surface area contributed by atoms with Gasteiger partial charge in [0, 0.05) is 18.7 Å². The third-order valence-electron chi connectivity index (χ3n) is 6.90. The fourth-order valence-corrected chi connectivity index (χ4v) is 6.28. The van der Waals surface area contributed by atoms with Crippen LogP contribution >= 0.6 is 0 Å². The maximum absolute atomic E-state index is 14.4. The summed E-state index contributed by atoms with van der Waals surface area (Å²) in [6.07, 6.45) is 0.517. The van der Waals surface area contributed by atoms with Gasteiger partial charge in [-0.25, -0.2) is 18.2 Å². The van der Waals surface area contributed by atoms with E-state index in [1.807, 2.05) is 12.1 Å². The maximum Gasteiger partial charge on any atom is 0.318 e. The molecule has 3 aromatic carbocycles. The van der Waals surface area contributed by atoms with Crippen LogP contribution in [0.5, 0.6) is 5.75 Å². The third-order valence-corrected chi connectivity index (χ3v) is 8.75. The predicted molar refractivity (Wildman–Crippen MR) is 147 cm³/mol. The second-order valence-electron chi connectivity index (χ2n) is 9.74. The van der Waals surface area contributed by atoms with Gasteiger partial charge in [0.2, 0.25) is 5.89 Å². The normalized spacial score (nSPS) is 13.0. The Morgan fingerprint density at radius 1 is 1.10 bits per heavy atom. The van der Waals surface area contributed by atoms with Crippen LogP contribution in [0, 0.1) is 31.3 Å². The number of fused-ring (bicyclic) bond motifs is 1. The lowest BCUT2D eigenvalue weighted by Gasteiger charge is -2.28. The molecule has 0 amide bonds. The Kier molecular flexibility index (Phi) is 7.97. The number of halogens is 3. The number of oxazole rings is 1. The van der Waals surface area contributed by atoms with Crippen molar-refractivity contribution in [2.75, 3.05) is 17.4 Å². The summed E-state index contributed by atoms with van der Waals surface area (Å²) >= 11 is 0. The van der Waals surface area contributed by atoms with Crippen LogP contribution < -0.4 is 9.04 Å². The molecule has 0 bridgehead atoms. The van der Waals surface area contributed by atoms with Crippen LogP contribution in [0.25, 0.3) is 11.5 Å². The number of hydrogen-bond acceptors (Lipinski definition) is 6. The number of benzene rings is 3. The highest BCUT2D eigenvalue weighted by Crippen LogP contribution is 2.32. The van der Waals surface area contributed by atoms with Gasteiger partial charge in [0.15, 0.2) is 11.6 Å². The van der Waals surface area contributed by atoms with Gasteiger partial charge < -0.3 is 14.3 Å². The zero-order valence-electron chi connectivity index (χ0n) is 22.6. The predicted octanol–water partition coefficient (Wildman–Crippen LogP) is 5.15. The fourth-order valence-electron chi connectivity index (χ4n) is 4.66. The van der Waals surface area contributed by atoms with Crippen LogP contribution in [0.15, 0.2) is 59.0 Å². The topological polar surface area (TPSA) is 113 Å². The molecule has 9 nitrogen and oxygen atoms in total. The molecule has 1 aliphatic rings. The van der Waals surface area contributed by atoms with Gasteiger partial charge in [-0.05, 0) is 55.7 Å². The minimum atomic E-state index is -4.18. The molecule has 0 atom stereocenters. The van der Waals surface area contributed by atoms with Crippen molar-refractivity contribution in [1.82, 2.24) is 9.29 Å². The van der Waals surface area contributed by atoms with E-state index in [0.717, 1.165) is 22.9 Å². The molecule has 0 saturated heterocycles. The van der Waals surface area contributed by atoms with Crippen molar-refractivity contribution in [1.29, 1.82) is 0 Å². The molecule has 220 valence electrons. The number of nitrogens with zero attached hydrogens (tertiary/aromatic N) is 3. The highest BCUT2D eigenvalue weighted by Gasteiger charge is 2.35. The van der Waals surface area contributed by atoms with Crippen molar-refractivity contribution in [3.05, 3.63) is 100 Å². The lowest BCUT2D eigenvalue weighted by atomic mass is 10.1. The number of para-hydroxylation sites is 1. The molecule has 0 saturated carbocycles. The molecule has 13 heteroatoms. The molecular formula is C29H26F3N3O6S. The molecule has 1 aliphatic heterocycles. The first kappa shape index (κ1) is 29.1.